The molecule has 17 heteroatoms. The molecule has 0 aliphatic carbocycles. The van der Waals surface area contributed by atoms with Crippen LogP contribution in [0.4, 0.5) is 4.79 Å². The van der Waals surface area contributed by atoms with Gasteiger partial charge in [-0.3, -0.25) is 14.4 Å². The van der Waals surface area contributed by atoms with E-state index >= 15 is 0 Å². The van der Waals surface area contributed by atoms with Crippen LogP contribution in [0.3, 0.4) is 0 Å². The molecule has 4 rings (SSSR count). The van der Waals surface area contributed by atoms with E-state index in [0.717, 1.165) is 33.8 Å². The summed E-state index contributed by atoms with van der Waals surface area (Å²) in [6, 6.07) is 14.5. The summed E-state index contributed by atoms with van der Waals surface area (Å²) in [6.45, 7) is 11.8. The molecule has 0 radical (unpaired) electrons. The molecule has 15 nitrogen and oxygen atoms in total. The van der Waals surface area contributed by atoms with Crippen LogP contribution in [0.15, 0.2) is 60.7 Å². The first kappa shape index (κ1) is 44.5. The van der Waals surface area contributed by atoms with Crippen molar-refractivity contribution in [1.29, 1.82) is 0 Å². The minimum absolute atomic E-state index is 0.0934. The molecule has 0 spiro atoms. The fraction of sp³-hybridized carbons (Fsp3) is 0.333. The molecule has 0 saturated carbocycles. The molecule has 0 aliphatic rings. The number of carboxylic acids is 1. The first-order chi connectivity index (χ1) is 26.2. The number of ether oxygens (including phenoxy) is 2. The molecule has 4 aromatic rings. The van der Waals surface area contributed by atoms with Crippen LogP contribution in [0.2, 0.25) is 0 Å². The highest BCUT2D eigenvalue weighted by atomic mass is 32.1. The van der Waals surface area contributed by atoms with Gasteiger partial charge >= 0.3 is 18.0 Å². The number of alkyl carbamates (subject to hydrolysis) is 1. The normalized spacial score (nSPS) is 12.4. The molecule has 4 amide bonds. The lowest BCUT2D eigenvalue weighted by molar-refractivity contribution is -0.142. The quantitative estimate of drug-likeness (QED) is 0.0821. The van der Waals surface area contributed by atoms with Crippen LogP contribution < -0.4 is 21.3 Å². The molecule has 7 N–H and O–H groups in total. The molecule has 300 valence electrons. The number of methoxy groups -OCH3 is 1. The van der Waals surface area contributed by atoms with E-state index in [1.807, 2.05) is 0 Å². The van der Waals surface area contributed by atoms with E-state index in [1.165, 1.54) is 13.2 Å². The molecule has 2 unspecified atom stereocenters. The third-order valence-corrected chi connectivity index (χ3v) is 10.2. The Morgan fingerprint density at radius 2 is 1.18 bits per heavy atom. The summed E-state index contributed by atoms with van der Waals surface area (Å²) in [6.07, 6.45) is -0.743. The third-order valence-electron chi connectivity index (χ3n) is 7.76. The van der Waals surface area contributed by atoms with E-state index in [1.54, 1.807) is 103 Å². The van der Waals surface area contributed by atoms with E-state index in [2.05, 4.69) is 21.3 Å². The molecule has 0 bridgehead atoms. The Balaban J connectivity index is 0.000000340. The zero-order valence-corrected chi connectivity index (χ0v) is 33.8. The molecule has 2 aromatic heterocycles. The van der Waals surface area contributed by atoms with Crippen LogP contribution in [0, 0.1) is 13.8 Å². The van der Waals surface area contributed by atoms with Gasteiger partial charge in [-0.15, -0.1) is 22.7 Å². The SMILES string of the molecule is COC(=O)[C@H](CNC(=O)OC(C)(C)C)NC(=O)c1sc(C(=O)NC(C)c2cccc(O)c2)cc1C.Cc1cc(C(=O)NC(C)c2cccc(O)c2)sc1C(=O)O. The topological polar surface area (TPSA) is 230 Å². The summed E-state index contributed by atoms with van der Waals surface area (Å²) >= 11 is 1.93. The minimum Gasteiger partial charge on any atom is -0.508 e. The number of amides is 4. The molecule has 56 heavy (non-hydrogen) atoms. The van der Waals surface area contributed by atoms with Gasteiger partial charge in [0.2, 0.25) is 0 Å². The standard InChI is InChI=1S/C24H31N3O7S.C15H15NO4S/c1-13-10-18(20(29)26-14(2)15-8-7-9-16(28)11-15)35-19(13)21(30)27-17(22(31)33-6)12-25-23(32)34-24(3,4)5;1-8-6-12(21-13(8)15(19)20)14(18)16-9(2)10-4-3-5-11(17)7-10/h7-11,14,17,28H,12H2,1-6H3,(H,25,32)(H,26,29)(H,27,30);3-7,9,17H,1-2H3,(H,16,18)(H,19,20)/t14?,17-;/m0./s1. The van der Waals surface area contributed by atoms with Gasteiger partial charge in [-0.1, -0.05) is 24.3 Å². The number of phenols is 2. The lowest BCUT2D eigenvalue weighted by Gasteiger charge is -2.21. The Bertz CT molecular complexity index is 2070. The summed E-state index contributed by atoms with van der Waals surface area (Å²) < 4.78 is 9.86. The Kier molecular flexibility index (Phi) is 15.6. The molecule has 2 aromatic carbocycles. The Morgan fingerprint density at radius 3 is 1.59 bits per heavy atom. The van der Waals surface area contributed by atoms with Gasteiger partial charge in [-0.2, -0.15) is 0 Å². The molecule has 0 saturated heterocycles. The van der Waals surface area contributed by atoms with Crippen LogP contribution >= 0.6 is 22.7 Å². The molecule has 0 aliphatic heterocycles. The van der Waals surface area contributed by atoms with Crippen molar-refractivity contribution in [1.82, 2.24) is 21.3 Å². The van der Waals surface area contributed by atoms with Crippen LogP contribution in [0.1, 0.15) is 108 Å². The number of benzene rings is 2. The van der Waals surface area contributed by atoms with Gasteiger partial charge in [0.1, 0.15) is 28.0 Å². The summed E-state index contributed by atoms with van der Waals surface area (Å²) in [4.78, 5) is 73.9. The zero-order valence-electron chi connectivity index (χ0n) is 32.1. The number of carbonyl (C=O) groups is 6. The number of thiophene rings is 2. The monoisotopic (exact) mass is 810 g/mol. The van der Waals surface area contributed by atoms with Crippen molar-refractivity contribution < 1.29 is 53.6 Å². The highest BCUT2D eigenvalue weighted by Gasteiger charge is 2.27. The predicted octanol–water partition coefficient (Wildman–Crippen LogP) is 6.00. The number of nitrogens with one attached hydrogen (secondary N) is 4. The summed E-state index contributed by atoms with van der Waals surface area (Å²) in [7, 11) is 1.17. The lowest BCUT2D eigenvalue weighted by atomic mass is 10.1. The largest absolute Gasteiger partial charge is 0.508 e. The van der Waals surface area contributed by atoms with Gasteiger partial charge in [0.25, 0.3) is 17.7 Å². The van der Waals surface area contributed by atoms with Gasteiger partial charge < -0.3 is 46.1 Å². The summed E-state index contributed by atoms with van der Waals surface area (Å²) in [5.74, 6) is -2.85. The van der Waals surface area contributed by atoms with Crippen LogP contribution in [-0.2, 0) is 14.3 Å². The Labute approximate surface area is 332 Å². The van der Waals surface area contributed by atoms with Crippen molar-refractivity contribution in [3.05, 3.63) is 102 Å². The maximum atomic E-state index is 12.9. The number of aryl methyl sites for hydroxylation is 2. The van der Waals surface area contributed by atoms with Gasteiger partial charge in [0.15, 0.2) is 0 Å². The second kappa shape index (κ2) is 19.6. The van der Waals surface area contributed by atoms with Crippen molar-refractivity contribution in [2.45, 2.75) is 72.2 Å². The fourth-order valence-corrected chi connectivity index (χ4v) is 6.87. The van der Waals surface area contributed by atoms with Crippen molar-refractivity contribution in [2.24, 2.45) is 0 Å². The number of hydrogen-bond acceptors (Lipinski definition) is 12. The number of esters is 1. The smallest absolute Gasteiger partial charge is 0.407 e. The van der Waals surface area contributed by atoms with E-state index < -0.39 is 35.6 Å². The average molecular weight is 811 g/mol. The molecule has 2 heterocycles. The number of phenolic OH excluding ortho intramolecular Hbond substituents is 2. The first-order valence-electron chi connectivity index (χ1n) is 17.2. The maximum Gasteiger partial charge on any atom is 0.407 e. The van der Waals surface area contributed by atoms with Gasteiger partial charge in [0.05, 0.1) is 40.4 Å². The van der Waals surface area contributed by atoms with Crippen LogP contribution in [0.5, 0.6) is 11.5 Å². The second-order valence-electron chi connectivity index (χ2n) is 13.6. The van der Waals surface area contributed by atoms with Gasteiger partial charge in [-0.25, -0.2) is 14.4 Å². The molecule has 3 atom stereocenters. The van der Waals surface area contributed by atoms with Crippen molar-refractivity contribution >= 4 is 58.4 Å². The minimum atomic E-state index is -1.16. The van der Waals surface area contributed by atoms with E-state index in [4.69, 9.17) is 14.6 Å². The maximum absolute atomic E-state index is 12.9. The number of aromatic hydroxyl groups is 2. The van der Waals surface area contributed by atoms with E-state index in [9.17, 15) is 39.0 Å². The van der Waals surface area contributed by atoms with Gasteiger partial charge in [-0.05, 0) is 107 Å². The highest BCUT2D eigenvalue weighted by molar-refractivity contribution is 7.16. The van der Waals surface area contributed by atoms with Gasteiger partial charge in [0, 0.05) is 0 Å². The van der Waals surface area contributed by atoms with Crippen LogP contribution in [0.25, 0.3) is 0 Å². The highest BCUT2D eigenvalue weighted by Crippen LogP contribution is 2.25. The Hall–Kier alpha value is -5.94. The van der Waals surface area contributed by atoms with E-state index in [-0.39, 0.29) is 51.7 Å². The lowest BCUT2D eigenvalue weighted by Crippen LogP contribution is -2.49. The number of hydrogen-bond donors (Lipinski definition) is 7. The predicted molar refractivity (Wildman–Crippen MR) is 211 cm³/mol. The molecular weight excluding hydrogens is 765 g/mol. The van der Waals surface area contributed by atoms with Crippen molar-refractivity contribution in [2.75, 3.05) is 13.7 Å². The fourth-order valence-electron chi connectivity index (χ4n) is 4.98. The third kappa shape index (κ3) is 13.1. The average Bonchev–Trinajstić information content (AvgIpc) is 3.72. The molecular formula is C39H46N4O11S2. The number of aromatic carboxylic acids is 1. The number of carbonyl (C=O) groups excluding carboxylic acids is 5. The number of rotatable bonds is 12. The summed E-state index contributed by atoms with van der Waals surface area (Å²) in [5, 5.41) is 38.7. The molecule has 0 fully saturated rings. The van der Waals surface area contributed by atoms with E-state index in [0.29, 0.717) is 20.9 Å². The first-order valence-corrected chi connectivity index (χ1v) is 18.8. The summed E-state index contributed by atoms with van der Waals surface area (Å²) in [5.41, 5.74) is 1.89. The van der Waals surface area contributed by atoms with Crippen molar-refractivity contribution in [3.63, 3.8) is 0 Å². The number of carboxylic acid groups (broad SMARTS) is 1. The Morgan fingerprint density at radius 1 is 0.714 bits per heavy atom. The second-order valence-corrected chi connectivity index (χ2v) is 15.7. The van der Waals surface area contributed by atoms with Crippen LogP contribution in [-0.4, -0.2) is 76.4 Å². The van der Waals surface area contributed by atoms with Crippen molar-refractivity contribution in [3.8, 4) is 11.5 Å². The zero-order chi connectivity index (χ0) is 41.9.